The summed E-state index contributed by atoms with van der Waals surface area (Å²) in [5.74, 6) is 1.75. The zero-order valence-corrected chi connectivity index (χ0v) is 8.55. The maximum atomic E-state index is 12.2. The summed E-state index contributed by atoms with van der Waals surface area (Å²) >= 11 is 0. The van der Waals surface area contributed by atoms with Gasteiger partial charge in [0.05, 0.1) is 0 Å². The van der Waals surface area contributed by atoms with Crippen LogP contribution in [0, 0.1) is 22.7 Å². The fraction of sp³-hybridized carbons (Fsp3) is 0.750. The zero-order valence-electron chi connectivity index (χ0n) is 8.55. The highest BCUT2D eigenvalue weighted by Crippen LogP contribution is 2.70. The molecule has 3 rings (SSSR count). The van der Waals surface area contributed by atoms with E-state index in [0.717, 1.165) is 6.42 Å². The topological polar surface area (TPSA) is 17.1 Å². The normalized spacial score (nSPS) is 57.5. The standard InChI is InChI=1S/C12H16O/c1-7-6-12(3)8-4-5-11(2,9(7)8)10(12)13/h6,8-9H,4-5H2,1-3H3. The Labute approximate surface area is 79.2 Å². The van der Waals surface area contributed by atoms with E-state index in [0.29, 0.717) is 17.6 Å². The van der Waals surface area contributed by atoms with Crippen LogP contribution in [-0.2, 0) is 4.79 Å². The summed E-state index contributed by atoms with van der Waals surface area (Å²) in [5.41, 5.74) is 1.41. The van der Waals surface area contributed by atoms with Crippen LogP contribution in [0.15, 0.2) is 11.6 Å². The lowest BCUT2D eigenvalue weighted by Crippen LogP contribution is -2.38. The number of carbonyl (C=O) groups is 1. The van der Waals surface area contributed by atoms with Crippen molar-refractivity contribution in [1.82, 2.24) is 0 Å². The Kier molecular flexibility index (Phi) is 1.06. The van der Waals surface area contributed by atoms with Gasteiger partial charge < -0.3 is 0 Å². The number of carbonyl (C=O) groups excluding carboxylic acids is 1. The van der Waals surface area contributed by atoms with Gasteiger partial charge in [-0.15, -0.1) is 0 Å². The summed E-state index contributed by atoms with van der Waals surface area (Å²) in [7, 11) is 0. The van der Waals surface area contributed by atoms with Crippen LogP contribution in [0.3, 0.4) is 0 Å². The van der Waals surface area contributed by atoms with Crippen molar-refractivity contribution in [3.8, 4) is 0 Å². The van der Waals surface area contributed by atoms with Gasteiger partial charge in [0.15, 0.2) is 0 Å². The van der Waals surface area contributed by atoms with Gasteiger partial charge in [-0.05, 0) is 38.5 Å². The molecule has 2 fully saturated rings. The van der Waals surface area contributed by atoms with Crippen LogP contribution in [0.2, 0.25) is 0 Å². The molecule has 1 nitrogen and oxygen atoms in total. The fourth-order valence-corrected chi connectivity index (χ4v) is 4.46. The van der Waals surface area contributed by atoms with E-state index in [1.54, 1.807) is 0 Å². The van der Waals surface area contributed by atoms with Gasteiger partial charge >= 0.3 is 0 Å². The Hall–Kier alpha value is -0.590. The largest absolute Gasteiger partial charge is 0.298 e. The van der Waals surface area contributed by atoms with Crippen molar-refractivity contribution >= 4 is 5.78 Å². The first-order valence-electron chi connectivity index (χ1n) is 5.24. The second-order valence-electron chi connectivity index (χ2n) is 5.54. The average Bonchev–Trinajstić information content (AvgIpc) is 2.56. The van der Waals surface area contributed by atoms with Crippen LogP contribution in [-0.4, -0.2) is 5.78 Å². The first-order chi connectivity index (χ1) is 6.00. The molecule has 0 aliphatic heterocycles. The number of ketones is 1. The zero-order chi connectivity index (χ0) is 9.43. The molecule has 2 saturated carbocycles. The SMILES string of the molecule is CC1=CC2(C)C(=O)C3(C)CCC2C13. The molecule has 0 N–H and O–H groups in total. The summed E-state index contributed by atoms with van der Waals surface area (Å²) in [6.45, 7) is 6.54. The second kappa shape index (κ2) is 1.77. The highest BCUT2D eigenvalue weighted by Gasteiger charge is 2.69. The number of hydrogen-bond donors (Lipinski definition) is 0. The summed E-state index contributed by atoms with van der Waals surface area (Å²) in [4.78, 5) is 12.2. The van der Waals surface area contributed by atoms with E-state index in [1.807, 2.05) is 0 Å². The maximum absolute atomic E-state index is 12.2. The van der Waals surface area contributed by atoms with Gasteiger partial charge in [0.2, 0.25) is 0 Å². The molecule has 70 valence electrons. The minimum atomic E-state index is -0.0816. The highest BCUT2D eigenvalue weighted by atomic mass is 16.1. The third kappa shape index (κ3) is 0.562. The Morgan fingerprint density at radius 2 is 2.15 bits per heavy atom. The maximum Gasteiger partial charge on any atom is 0.149 e. The molecule has 0 saturated heterocycles. The Morgan fingerprint density at radius 3 is 2.62 bits per heavy atom. The van der Waals surface area contributed by atoms with Gasteiger partial charge in [0, 0.05) is 10.8 Å². The Morgan fingerprint density at radius 1 is 1.46 bits per heavy atom. The van der Waals surface area contributed by atoms with E-state index in [4.69, 9.17) is 0 Å². The molecule has 13 heavy (non-hydrogen) atoms. The summed E-state index contributed by atoms with van der Waals surface area (Å²) in [6, 6.07) is 0. The molecule has 0 aromatic carbocycles. The molecule has 4 bridgehead atoms. The van der Waals surface area contributed by atoms with Crippen LogP contribution < -0.4 is 0 Å². The molecule has 3 aliphatic rings. The number of hydrogen-bond acceptors (Lipinski definition) is 1. The minimum Gasteiger partial charge on any atom is -0.298 e. The molecular formula is C12H16O. The molecular weight excluding hydrogens is 160 g/mol. The lowest BCUT2D eigenvalue weighted by molar-refractivity contribution is -0.134. The number of Topliss-reactive ketones (excluding diaryl/α,β-unsaturated/α-hetero) is 1. The van der Waals surface area contributed by atoms with Crippen LogP contribution in [0.4, 0.5) is 0 Å². The van der Waals surface area contributed by atoms with Gasteiger partial charge in [-0.2, -0.15) is 0 Å². The molecule has 0 radical (unpaired) electrons. The van der Waals surface area contributed by atoms with Gasteiger partial charge in [0.25, 0.3) is 0 Å². The van der Waals surface area contributed by atoms with Crippen molar-refractivity contribution in [2.45, 2.75) is 33.6 Å². The van der Waals surface area contributed by atoms with Gasteiger partial charge in [-0.3, -0.25) is 4.79 Å². The fourth-order valence-electron chi connectivity index (χ4n) is 4.46. The van der Waals surface area contributed by atoms with E-state index < -0.39 is 0 Å². The van der Waals surface area contributed by atoms with Crippen molar-refractivity contribution < 1.29 is 4.79 Å². The molecule has 0 aromatic rings. The van der Waals surface area contributed by atoms with Gasteiger partial charge in [-0.25, -0.2) is 0 Å². The minimum absolute atomic E-state index is 0.0122. The first kappa shape index (κ1) is 7.78. The molecule has 0 spiro atoms. The highest BCUT2D eigenvalue weighted by molar-refractivity contribution is 5.97. The molecule has 0 amide bonds. The monoisotopic (exact) mass is 176 g/mol. The summed E-state index contributed by atoms with van der Waals surface area (Å²) in [5, 5.41) is 0. The lowest BCUT2D eigenvalue weighted by atomic mass is 9.68. The predicted molar refractivity (Wildman–Crippen MR) is 51.2 cm³/mol. The van der Waals surface area contributed by atoms with E-state index >= 15 is 0 Å². The molecule has 3 aliphatic carbocycles. The van der Waals surface area contributed by atoms with E-state index in [1.165, 1.54) is 12.0 Å². The summed E-state index contributed by atoms with van der Waals surface area (Å²) < 4.78 is 0. The third-order valence-corrected chi connectivity index (χ3v) is 4.86. The Bertz CT molecular complexity index is 341. The molecule has 4 atom stereocenters. The average molecular weight is 176 g/mol. The first-order valence-corrected chi connectivity index (χ1v) is 5.24. The number of allylic oxidation sites excluding steroid dienone is 2. The molecule has 1 heteroatoms. The van der Waals surface area contributed by atoms with Gasteiger partial charge in [-0.1, -0.05) is 18.6 Å². The number of rotatable bonds is 0. The molecule has 0 aromatic heterocycles. The smallest absolute Gasteiger partial charge is 0.149 e. The van der Waals surface area contributed by atoms with Gasteiger partial charge in [0.1, 0.15) is 5.78 Å². The lowest BCUT2D eigenvalue weighted by Gasteiger charge is -2.34. The van der Waals surface area contributed by atoms with Crippen LogP contribution in [0.1, 0.15) is 33.6 Å². The van der Waals surface area contributed by atoms with Crippen LogP contribution >= 0.6 is 0 Å². The quantitative estimate of drug-likeness (QED) is 0.518. The van der Waals surface area contributed by atoms with Crippen molar-refractivity contribution in [2.75, 3.05) is 0 Å². The summed E-state index contributed by atoms with van der Waals surface area (Å²) in [6.07, 6.45) is 4.63. The third-order valence-electron chi connectivity index (χ3n) is 4.86. The van der Waals surface area contributed by atoms with Crippen LogP contribution in [0.5, 0.6) is 0 Å². The predicted octanol–water partition coefficient (Wildman–Crippen LogP) is 2.57. The van der Waals surface area contributed by atoms with Crippen molar-refractivity contribution in [1.29, 1.82) is 0 Å². The van der Waals surface area contributed by atoms with Crippen molar-refractivity contribution in [2.24, 2.45) is 22.7 Å². The van der Waals surface area contributed by atoms with E-state index in [-0.39, 0.29) is 10.8 Å². The Balaban J connectivity index is 2.26. The van der Waals surface area contributed by atoms with Crippen LogP contribution in [0.25, 0.3) is 0 Å². The van der Waals surface area contributed by atoms with Crippen molar-refractivity contribution in [3.63, 3.8) is 0 Å². The second-order valence-corrected chi connectivity index (χ2v) is 5.54. The molecule has 4 unspecified atom stereocenters. The van der Waals surface area contributed by atoms with E-state index in [2.05, 4.69) is 26.8 Å². The van der Waals surface area contributed by atoms with Crippen molar-refractivity contribution in [3.05, 3.63) is 11.6 Å². The molecule has 0 heterocycles. The van der Waals surface area contributed by atoms with E-state index in [9.17, 15) is 4.79 Å².